The molecule has 3 nitrogen and oxygen atoms in total. The first kappa shape index (κ1) is 12.7. The van der Waals surface area contributed by atoms with Gasteiger partial charge in [0, 0.05) is 17.6 Å². The molecule has 2 aromatic rings. The molecule has 1 aromatic carbocycles. The minimum atomic E-state index is 0.274. The summed E-state index contributed by atoms with van der Waals surface area (Å²) >= 11 is 0. The first-order chi connectivity index (χ1) is 8.61. The number of rotatable bonds is 4. The molecule has 1 atom stereocenters. The van der Waals surface area contributed by atoms with Crippen molar-refractivity contribution in [3.8, 4) is 5.75 Å². The zero-order valence-corrected chi connectivity index (χ0v) is 11.1. The van der Waals surface area contributed by atoms with E-state index < -0.39 is 0 Å². The molecular formula is C15H20N2O. The Morgan fingerprint density at radius 2 is 2.06 bits per heavy atom. The third-order valence-electron chi connectivity index (χ3n) is 3.32. The van der Waals surface area contributed by atoms with Gasteiger partial charge in [0.2, 0.25) is 0 Å². The number of aromatic nitrogens is 1. The number of nitrogens with one attached hydrogen (secondary N) is 1. The van der Waals surface area contributed by atoms with Gasteiger partial charge in [-0.3, -0.25) is 0 Å². The van der Waals surface area contributed by atoms with Crippen LogP contribution in [0.25, 0.3) is 10.8 Å². The van der Waals surface area contributed by atoms with E-state index in [2.05, 4.69) is 31.1 Å². The van der Waals surface area contributed by atoms with Crippen LogP contribution >= 0.6 is 0 Å². The molecule has 0 spiro atoms. The lowest BCUT2D eigenvalue weighted by Crippen LogP contribution is -2.25. The second-order valence-electron chi connectivity index (χ2n) is 4.97. The number of fused-ring (bicyclic) bond motifs is 1. The molecule has 3 heteroatoms. The van der Waals surface area contributed by atoms with Crippen molar-refractivity contribution in [3.05, 3.63) is 30.5 Å². The van der Waals surface area contributed by atoms with Crippen LogP contribution in [0.4, 0.5) is 5.82 Å². The molecule has 2 rings (SSSR count). The first-order valence-electron chi connectivity index (χ1n) is 6.46. The molecule has 2 N–H and O–H groups in total. The highest BCUT2D eigenvalue weighted by molar-refractivity contribution is 5.92. The van der Waals surface area contributed by atoms with Gasteiger partial charge in [0.1, 0.15) is 11.6 Å². The fourth-order valence-electron chi connectivity index (χ4n) is 2.19. The predicted molar refractivity (Wildman–Crippen MR) is 75.9 cm³/mol. The number of anilines is 1. The van der Waals surface area contributed by atoms with Crippen LogP contribution < -0.4 is 5.32 Å². The molecule has 0 aliphatic carbocycles. The van der Waals surface area contributed by atoms with E-state index >= 15 is 0 Å². The normalized spacial score (nSPS) is 12.9. The van der Waals surface area contributed by atoms with Crippen molar-refractivity contribution < 1.29 is 5.11 Å². The van der Waals surface area contributed by atoms with E-state index in [1.165, 1.54) is 0 Å². The van der Waals surface area contributed by atoms with Gasteiger partial charge in [0.25, 0.3) is 0 Å². The minimum Gasteiger partial charge on any atom is -0.508 e. The standard InChI is InChI=1S/C15H20N2O/c1-4-14(10(2)3)17-15-13-9-12(18)6-5-11(13)7-8-16-15/h5-10,14,18H,4H2,1-3H3,(H,16,17). The van der Waals surface area contributed by atoms with Gasteiger partial charge in [-0.1, -0.05) is 26.8 Å². The van der Waals surface area contributed by atoms with E-state index in [9.17, 15) is 5.11 Å². The van der Waals surface area contributed by atoms with Crippen molar-refractivity contribution >= 4 is 16.6 Å². The van der Waals surface area contributed by atoms with E-state index in [0.717, 1.165) is 23.0 Å². The van der Waals surface area contributed by atoms with Crippen LogP contribution in [-0.2, 0) is 0 Å². The largest absolute Gasteiger partial charge is 0.508 e. The molecule has 1 unspecified atom stereocenters. The maximum Gasteiger partial charge on any atom is 0.134 e. The molecule has 0 bridgehead atoms. The number of aromatic hydroxyl groups is 1. The highest BCUT2D eigenvalue weighted by atomic mass is 16.3. The summed E-state index contributed by atoms with van der Waals surface area (Å²) in [5.41, 5.74) is 0. The average molecular weight is 244 g/mol. The topological polar surface area (TPSA) is 45.2 Å². The second kappa shape index (κ2) is 5.25. The monoisotopic (exact) mass is 244 g/mol. The molecule has 0 saturated carbocycles. The number of phenols is 1. The molecule has 0 radical (unpaired) electrons. The quantitative estimate of drug-likeness (QED) is 0.860. The first-order valence-corrected chi connectivity index (χ1v) is 6.46. The van der Waals surface area contributed by atoms with Crippen molar-refractivity contribution in [3.63, 3.8) is 0 Å². The Morgan fingerprint density at radius 3 is 2.72 bits per heavy atom. The summed E-state index contributed by atoms with van der Waals surface area (Å²) in [5, 5.41) is 15.1. The number of phenolic OH excluding ortho intramolecular Hbond substituents is 1. The summed E-state index contributed by atoms with van der Waals surface area (Å²) in [7, 11) is 0. The smallest absolute Gasteiger partial charge is 0.134 e. The number of hydrogen-bond acceptors (Lipinski definition) is 3. The number of benzene rings is 1. The van der Waals surface area contributed by atoms with Gasteiger partial charge >= 0.3 is 0 Å². The molecule has 1 aromatic heterocycles. The van der Waals surface area contributed by atoms with Gasteiger partial charge in [0.05, 0.1) is 0 Å². The van der Waals surface area contributed by atoms with Crippen molar-refractivity contribution in [1.29, 1.82) is 0 Å². The van der Waals surface area contributed by atoms with Crippen LogP contribution in [0.1, 0.15) is 27.2 Å². The lowest BCUT2D eigenvalue weighted by Gasteiger charge is -2.22. The van der Waals surface area contributed by atoms with Gasteiger partial charge in [0.15, 0.2) is 0 Å². The van der Waals surface area contributed by atoms with Gasteiger partial charge in [-0.15, -0.1) is 0 Å². The van der Waals surface area contributed by atoms with Crippen LogP contribution in [0.5, 0.6) is 5.75 Å². The van der Waals surface area contributed by atoms with Crippen LogP contribution in [0, 0.1) is 5.92 Å². The summed E-state index contributed by atoms with van der Waals surface area (Å²) in [6.45, 7) is 6.56. The van der Waals surface area contributed by atoms with Crippen molar-refractivity contribution in [2.75, 3.05) is 5.32 Å². The van der Waals surface area contributed by atoms with E-state index in [1.807, 2.05) is 12.1 Å². The van der Waals surface area contributed by atoms with E-state index in [1.54, 1.807) is 18.3 Å². The zero-order chi connectivity index (χ0) is 13.1. The fourth-order valence-corrected chi connectivity index (χ4v) is 2.19. The predicted octanol–water partition coefficient (Wildman–Crippen LogP) is 3.79. The summed E-state index contributed by atoms with van der Waals surface area (Å²) in [6.07, 6.45) is 2.85. The average Bonchev–Trinajstić information content (AvgIpc) is 2.35. The molecule has 0 aliphatic rings. The summed E-state index contributed by atoms with van der Waals surface area (Å²) in [6, 6.07) is 7.72. The van der Waals surface area contributed by atoms with Gasteiger partial charge in [-0.25, -0.2) is 4.98 Å². The lowest BCUT2D eigenvalue weighted by molar-refractivity contribution is 0.476. The van der Waals surface area contributed by atoms with Crippen molar-refractivity contribution in [2.24, 2.45) is 5.92 Å². The summed E-state index contributed by atoms with van der Waals surface area (Å²) in [4.78, 5) is 4.40. The minimum absolute atomic E-state index is 0.274. The molecule has 96 valence electrons. The number of pyridine rings is 1. The maximum absolute atomic E-state index is 9.60. The van der Waals surface area contributed by atoms with Crippen LogP contribution in [-0.4, -0.2) is 16.1 Å². The Labute approximate surface area is 108 Å². The Kier molecular flexibility index (Phi) is 3.70. The molecular weight excluding hydrogens is 224 g/mol. The molecule has 0 amide bonds. The molecule has 0 aliphatic heterocycles. The Hall–Kier alpha value is -1.77. The van der Waals surface area contributed by atoms with E-state index in [-0.39, 0.29) is 5.75 Å². The summed E-state index contributed by atoms with van der Waals surface area (Å²) in [5.74, 6) is 1.67. The SMILES string of the molecule is CCC(Nc1nccc2ccc(O)cc12)C(C)C. The zero-order valence-electron chi connectivity index (χ0n) is 11.1. The van der Waals surface area contributed by atoms with Crippen LogP contribution in [0.15, 0.2) is 30.5 Å². The Balaban J connectivity index is 2.41. The number of hydrogen-bond donors (Lipinski definition) is 2. The van der Waals surface area contributed by atoms with E-state index in [0.29, 0.717) is 12.0 Å². The molecule has 0 saturated heterocycles. The number of nitrogens with zero attached hydrogens (tertiary/aromatic N) is 1. The Bertz CT molecular complexity index is 537. The molecule has 18 heavy (non-hydrogen) atoms. The van der Waals surface area contributed by atoms with Crippen LogP contribution in [0.2, 0.25) is 0 Å². The van der Waals surface area contributed by atoms with Crippen molar-refractivity contribution in [2.45, 2.75) is 33.2 Å². The third-order valence-corrected chi connectivity index (χ3v) is 3.32. The van der Waals surface area contributed by atoms with E-state index in [4.69, 9.17) is 0 Å². The maximum atomic E-state index is 9.60. The Morgan fingerprint density at radius 1 is 1.28 bits per heavy atom. The van der Waals surface area contributed by atoms with Crippen molar-refractivity contribution in [1.82, 2.24) is 4.98 Å². The molecule has 0 fully saturated rings. The fraction of sp³-hybridized carbons (Fsp3) is 0.400. The van der Waals surface area contributed by atoms with Crippen LogP contribution in [0.3, 0.4) is 0 Å². The van der Waals surface area contributed by atoms with Gasteiger partial charge in [-0.2, -0.15) is 0 Å². The highest BCUT2D eigenvalue weighted by Crippen LogP contribution is 2.26. The summed E-state index contributed by atoms with van der Waals surface area (Å²) < 4.78 is 0. The highest BCUT2D eigenvalue weighted by Gasteiger charge is 2.13. The third kappa shape index (κ3) is 2.55. The second-order valence-corrected chi connectivity index (χ2v) is 4.97. The lowest BCUT2D eigenvalue weighted by atomic mass is 10.0. The molecule has 1 heterocycles. The van der Waals surface area contributed by atoms with Gasteiger partial charge < -0.3 is 10.4 Å². The van der Waals surface area contributed by atoms with Gasteiger partial charge in [-0.05, 0) is 35.9 Å².